The second-order valence-corrected chi connectivity index (χ2v) is 7.97. The molecule has 0 radical (unpaired) electrons. The molecule has 8 heteroatoms. The third-order valence-electron chi connectivity index (χ3n) is 5.40. The zero-order valence-electron chi connectivity index (χ0n) is 18.2. The molecule has 1 aromatic carbocycles. The smallest absolute Gasteiger partial charge is 0.260 e. The number of carbonyl (C=O) groups excluding carboxylic acids is 1. The number of anilines is 2. The van der Waals surface area contributed by atoms with Crippen molar-refractivity contribution in [3.05, 3.63) is 71.6 Å². The summed E-state index contributed by atoms with van der Waals surface area (Å²) in [6.45, 7) is 4.91. The third kappa shape index (κ3) is 5.38. The van der Waals surface area contributed by atoms with Crippen LogP contribution in [-0.4, -0.2) is 45.5 Å². The molecule has 0 bridgehead atoms. The van der Waals surface area contributed by atoms with E-state index in [1.807, 2.05) is 32.0 Å². The maximum absolute atomic E-state index is 13.7. The average molecular weight is 436 g/mol. The molecule has 1 atom stereocenters. The van der Waals surface area contributed by atoms with Crippen molar-refractivity contribution in [2.24, 2.45) is 0 Å². The number of rotatable bonds is 6. The van der Waals surface area contributed by atoms with Crippen LogP contribution in [0.3, 0.4) is 0 Å². The highest BCUT2D eigenvalue weighted by atomic mass is 19.1. The van der Waals surface area contributed by atoms with Crippen LogP contribution in [0.4, 0.5) is 16.0 Å². The van der Waals surface area contributed by atoms with Gasteiger partial charge in [-0.2, -0.15) is 0 Å². The van der Waals surface area contributed by atoms with Crippen LogP contribution in [0.25, 0.3) is 0 Å². The molecule has 4 rings (SSSR count). The monoisotopic (exact) mass is 435 g/mol. The second kappa shape index (κ2) is 9.72. The number of aryl methyl sites for hydroxylation is 2. The minimum absolute atomic E-state index is 0.0898. The maximum atomic E-state index is 13.7. The minimum atomic E-state index is -0.471. The van der Waals surface area contributed by atoms with Gasteiger partial charge in [0.25, 0.3) is 5.91 Å². The lowest BCUT2D eigenvalue weighted by atomic mass is 9.94. The zero-order valence-corrected chi connectivity index (χ0v) is 18.2. The number of piperidine rings is 1. The van der Waals surface area contributed by atoms with Crippen LogP contribution in [0.2, 0.25) is 0 Å². The van der Waals surface area contributed by atoms with Gasteiger partial charge in [0.1, 0.15) is 0 Å². The fourth-order valence-corrected chi connectivity index (χ4v) is 3.87. The van der Waals surface area contributed by atoms with E-state index in [4.69, 9.17) is 4.74 Å². The molecule has 1 aliphatic rings. The van der Waals surface area contributed by atoms with E-state index < -0.39 is 5.82 Å². The lowest BCUT2D eigenvalue weighted by Crippen LogP contribution is -2.41. The molecule has 1 saturated heterocycles. The van der Waals surface area contributed by atoms with Crippen molar-refractivity contribution < 1.29 is 13.9 Å². The molecule has 0 aliphatic carbocycles. The van der Waals surface area contributed by atoms with Crippen LogP contribution in [0, 0.1) is 19.7 Å². The number of benzene rings is 1. The molecule has 0 spiro atoms. The number of hydrogen-bond acceptors (Lipinski definition) is 6. The maximum Gasteiger partial charge on any atom is 0.260 e. The molecule has 2 aromatic heterocycles. The van der Waals surface area contributed by atoms with E-state index in [0.29, 0.717) is 19.0 Å². The first-order valence-electron chi connectivity index (χ1n) is 10.7. The molecular weight excluding hydrogens is 409 g/mol. The Morgan fingerprint density at radius 2 is 1.97 bits per heavy atom. The highest BCUT2D eigenvalue weighted by molar-refractivity contribution is 5.78. The molecule has 166 valence electrons. The molecule has 1 N–H and O–H groups in total. The molecule has 1 aliphatic heterocycles. The van der Waals surface area contributed by atoms with Gasteiger partial charge in [0.05, 0.1) is 11.9 Å². The summed E-state index contributed by atoms with van der Waals surface area (Å²) in [4.78, 5) is 27.8. The molecule has 0 unspecified atom stereocenters. The number of amides is 1. The summed E-state index contributed by atoms with van der Waals surface area (Å²) in [7, 11) is 0. The fourth-order valence-electron chi connectivity index (χ4n) is 3.87. The molecule has 0 saturated carbocycles. The van der Waals surface area contributed by atoms with Crippen molar-refractivity contribution >= 4 is 17.5 Å². The predicted octanol–water partition coefficient (Wildman–Crippen LogP) is 4.16. The van der Waals surface area contributed by atoms with E-state index in [0.717, 1.165) is 35.6 Å². The molecule has 1 amide bonds. The zero-order chi connectivity index (χ0) is 22.5. The van der Waals surface area contributed by atoms with Crippen LogP contribution < -0.4 is 10.1 Å². The number of ether oxygens (including phenoxy) is 1. The quantitative estimate of drug-likeness (QED) is 0.626. The van der Waals surface area contributed by atoms with Crippen molar-refractivity contribution in [1.82, 2.24) is 19.9 Å². The Balaban J connectivity index is 1.35. The third-order valence-corrected chi connectivity index (χ3v) is 5.40. The largest absolute Gasteiger partial charge is 0.481 e. The van der Waals surface area contributed by atoms with Crippen LogP contribution in [0.5, 0.6) is 5.75 Å². The van der Waals surface area contributed by atoms with Gasteiger partial charge in [-0.05, 0) is 57.0 Å². The first kappa shape index (κ1) is 21.7. The SMILES string of the molecule is Cc1cc(C)nc(Nc2ccc([C@H]3CCCN(C(=O)COc4ccccc4F)C3)nc2)n1. The fraction of sp³-hybridized carbons (Fsp3) is 0.333. The van der Waals surface area contributed by atoms with E-state index in [-0.39, 0.29) is 24.2 Å². The summed E-state index contributed by atoms with van der Waals surface area (Å²) in [5.41, 5.74) is 3.54. The normalized spacial score (nSPS) is 16.0. The van der Waals surface area contributed by atoms with Gasteiger partial charge in [0, 0.05) is 36.1 Å². The molecule has 32 heavy (non-hydrogen) atoms. The van der Waals surface area contributed by atoms with Crippen LogP contribution in [-0.2, 0) is 4.79 Å². The van der Waals surface area contributed by atoms with Crippen LogP contribution >= 0.6 is 0 Å². The van der Waals surface area contributed by atoms with Gasteiger partial charge in [0.15, 0.2) is 18.2 Å². The number of likely N-dealkylation sites (tertiary alicyclic amines) is 1. The van der Waals surface area contributed by atoms with E-state index in [9.17, 15) is 9.18 Å². The summed E-state index contributed by atoms with van der Waals surface area (Å²) in [5.74, 6) is 0.158. The Hall–Kier alpha value is -3.55. The predicted molar refractivity (Wildman–Crippen MR) is 119 cm³/mol. The average Bonchev–Trinajstić information content (AvgIpc) is 2.78. The number of nitrogens with zero attached hydrogens (tertiary/aromatic N) is 4. The highest BCUT2D eigenvalue weighted by Crippen LogP contribution is 2.27. The number of pyridine rings is 1. The lowest BCUT2D eigenvalue weighted by molar-refractivity contribution is -0.134. The van der Waals surface area contributed by atoms with Crippen molar-refractivity contribution in [1.29, 1.82) is 0 Å². The van der Waals surface area contributed by atoms with E-state index >= 15 is 0 Å². The summed E-state index contributed by atoms with van der Waals surface area (Å²) in [5, 5.41) is 3.18. The summed E-state index contributed by atoms with van der Waals surface area (Å²) in [6.07, 6.45) is 3.60. The van der Waals surface area contributed by atoms with Crippen LogP contribution in [0.1, 0.15) is 35.8 Å². The number of carbonyl (C=O) groups is 1. The lowest BCUT2D eigenvalue weighted by Gasteiger charge is -2.32. The molecule has 3 heterocycles. The van der Waals surface area contributed by atoms with Gasteiger partial charge in [-0.15, -0.1) is 0 Å². The van der Waals surface area contributed by atoms with Crippen molar-refractivity contribution in [2.75, 3.05) is 25.0 Å². The molecule has 7 nitrogen and oxygen atoms in total. The Kier molecular flexibility index (Phi) is 6.58. The first-order chi connectivity index (χ1) is 15.5. The molecular formula is C24H26FN5O2. The van der Waals surface area contributed by atoms with Gasteiger partial charge in [0.2, 0.25) is 5.95 Å². The van der Waals surface area contributed by atoms with E-state index in [1.165, 1.54) is 12.1 Å². The number of para-hydroxylation sites is 1. The number of halogens is 1. The van der Waals surface area contributed by atoms with Gasteiger partial charge in [-0.3, -0.25) is 9.78 Å². The summed E-state index contributed by atoms with van der Waals surface area (Å²) in [6, 6.07) is 11.9. The topological polar surface area (TPSA) is 80.2 Å². The number of nitrogens with one attached hydrogen (secondary N) is 1. The van der Waals surface area contributed by atoms with Gasteiger partial charge in [-0.25, -0.2) is 14.4 Å². The van der Waals surface area contributed by atoms with Gasteiger partial charge in [-0.1, -0.05) is 12.1 Å². The van der Waals surface area contributed by atoms with Gasteiger partial charge >= 0.3 is 0 Å². The molecule has 1 fully saturated rings. The van der Waals surface area contributed by atoms with E-state index in [1.54, 1.807) is 23.2 Å². The van der Waals surface area contributed by atoms with Crippen molar-refractivity contribution in [3.63, 3.8) is 0 Å². The van der Waals surface area contributed by atoms with E-state index in [2.05, 4.69) is 20.3 Å². The Morgan fingerprint density at radius 1 is 1.19 bits per heavy atom. The molecule has 3 aromatic rings. The Bertz CT molecular complexity index is 1070. The Labute approximate surface area is 186 Å². The second-order valence-electron chi connectivity index (χ2n) is 7.97. The minimum Gasteiger partial charge on any atom is -0.481 e. The first-order valence-corrected chi connectivity index (χ1v) is 10.7. The standard InChI is InChI=1S/C24H26FN5O2/c1-16-12-17(2)28-24(27-16)29-19-9-10-21(26-13-19)18-6-5-11-30(14-18)23(31)15-32-22-8-4-3-7-20(22)25/h3-4,7-10,12-13,18H,5-6,11,14-15H2,1-2H3,(H,27,28,29)/t18-/m0/s1. The number of aromatic nitrogens is 3. The highest BCUT2D eigenvalue weighted by Gasteiger charge is 2.26. The van der Waals surface area contributed by atoms with Crippen molar-refractivity contribution in [2.45, 2.75) is 32.6 Å². The van der Waals surface area contributed by atoms with Gasteiger partial charge < -0.3 is 15.0 Å². The van der Waals surface area contributed by atoms with Crippen molar-refractivity contribution in [3.8, 4) is 5.75 Å². The summed E-state index contributed by atoms with van der Waals surface area (Å²) < 4.78 is 19.1. The van der Waals surface area contributed by atoms with Crippen LogP contribution in [0.15, 0.2) is 48.7 Å². The Morgan fingerprint density at radius 3 is 2.69 bits per heavy atom. The summed E-state index contributed by atoms with van der Waals surface area (Å²) >= 11 is 0. The number of hydrogen-bond donors (Lipinski definition) is 1.